The lowest BCUT2D eigenvalue weighted by Crippen LogP contribution is -2.48. The fourth-order valence-corrected chi connectivity index (χ4v) is 5.83. The van der Waals surface area contributed by atoms with Gasteiger partial charge in [0.15, 0.2) is 0 Å². The Morgan fingerprint density at radius 3 is 2.31 bits per heavy atom. The molecule has 238 valence electrons. The van der Waals surface area contributed by atoms with Crippen molar-refractivity contribution < 1.29 is 19.4 Å². The van der Waals surface area contributed by atoms with Gasteiger partial charge < -0.3 is 20.5 Å². The van der Waals surface area contributed by atoms with Crippen LogP contribution in [0.3, 0.4) is 0 Å². The lowest BCUT2D eigenvalue weighted by Gasteiger charge is -2.23. The largest absolute Gasteiger partial charge is 0.393 e. The number of aromatic nitrogens is 2. The zero-order chi connectivity index (χ0) is 30.6. The van der Waals surface area contributed by atoms with Crippen LogP contribution in [0.15, 0.2) is 29.2 Å². The number of nitrogens with one attached hydrogen (secondary N) is 2. The molecule has 2 rings (SSSR count). The first-order valence-corrected chi connectivity index (χ1v) is 17.2. The third-order valence-corrected chi connectivity index (χ3v) is 8.86. The molecule has 1 saturated heterocycles. The molecule has 0 aliphatic carbocycles. The van der Waals surface area contributed by atoms with Crippen molar-refractivity contribution in [2.24, 2.45) is 5.92 Å². The summed E-state index contributed by atoms with van der Waals surface area (Å²) in [6.45, 7) is 6.02. The number of unbranched alkanes of at least 4 members (excludes halogenated alkanes) is 11. The van der Waals surface area contributed by atoms with Gasteiger partial charge in [0.05, 0.1) is 6.61 Å². The summed E-state index contributed by atoms with van der Waals surface area (Å²) in [7, 11) is 0. The van der Waals surface area contributed by atoms with Gasteiger partial charge in [0, 0.05) is 18.4 Å². The van der Waals surface area contributed by atoms with Gasteiger partial charge in [0.2, 0.25) is 11.8 Å². The van der Waals surface area contributed by atoms with E-state index in [1.165, 1.54) is 80.3 Å². The first kappa shape index (κ1) is 36.0. The van der Waals surface area contributed by atoms with Gasteiger partial charge in [-0.25, -0.2) is 4.79 Å². The van der Waals surface area contributed by atoms with E-state index >= 15 is 0 Å². The van der Waals surface area contributed by atoms with E-state index in [4.69, 9.17) is 4.74 Å². The summed E-state index contributed by atoms with van der Waals surface area (Å²) in [6.07, 6.45) is 22.4. The van der Waals surface area contributed by atoms with Gasteiger partial charge in [-0.15, -0.1) is 11.8 Å². The van der Waals surface area contributed by atoms with Crippen LogP contribution < -0.4 is 16.3 Å². The van der Waals surface area contributed by atoms with E-state index in [0.717, 1.165) is 25.7 Å². The number of anilines is 1. The zero-order valence-corrected chi connectivity index (χ0v) is 26.8. The molecule has 0 unspecified atom stereocenters. The van der Waals surface area contributed by atoms with E-state index in [9.17, 15) is 19.5 Å². The van der Waals surface area contributed by atoms with Gasteiger partial charge in [-0.3, -0.25) is 14.2 Å². The van der Waals surface area contributed by atoms with Crippen molar-refractivity contribution in [3.8, 4) is 0 Å². The minimum atomic E-state index is -0.713. The van der Waals surface area contributed by atoms with Crippen LogP contribution in [0.1, 0.15) is 123 Å². The van der Waals surface area contributed by atoms with Crippen LogP contribution in [0.25, 0.3) is 0 Å². The van der Waals surface area contributed by atoms with Crippen molar-refractivity contribution in [1.82, 2.24) is 14.9 Å². The van der Waals surface area contributed by atoms with Gasteiger partial charge in [-0.1, -0.05) is 90.7 Å². The molecule has 1 aromatic heterocycles. The highest BCUT2D eigenvalue weighted by atomic mass is 32.2. The first-order valence-electron chi connectivity index (χ1n) is 16.1. The predicted octanol–water partition coefficient (Wildman–Crippen LogP) is 6.33. The molecular formula is C32H54N4O5S. The number of aliphatic hydroxyl groups is 1. The maximum absolute atomic E-state index is 13.1. The van der Waals surface area contributed by atoms with E-state index in [1.807, 2.05) is 13.8 Å². The number of carbonyl (C=O) groups is 2. The number of nitrogens with zero attached hydrogens (tertiary/aromatic N) is 2. The molecule has 3 N–H and O–H groups in total. The number of allylic oxidation sites excluding steroid dienone is 2. The van der Waals surface area contributed by atoms with Crippen molar-refractivity contribution in [2.45, 2.75) is 135 Å². The molecule has 1 aliphatic heterocycles. The number of ether oxygens (including phenoxy) is 1. The number of hydrogen-bond donors (Lipinski definition) is 3. The van der Waals surface area contributed by atoms with E-state index in [2.05, 4.69) is 34.7 Å². The summed E-state index contributed by atoms with van der Waals surface area (Å²) in [4.78, 5) is 42.2. The highest BCUT2D eigenvalue weighted by molar-refractivity contribution is 8.00. The van der Waals surface area contributed by atoms with Crippen molar-refractivity contribution in [3.05, 3.63) is 34.9 Å². The third-order valence-electron chi connectivity index (χ3n) is 7.75. The van der Waals surface area contributed by atoms with Crippen LogP contribution in [-0.2, 0) is 14.3 Å². The van der Waals surface area contributed by atoms with Crippen LogP contribution in [0.4, 0.5) is 5.82 Å². The maximum Gasteiger partial charge on any atom is 0.351 e. The molecule has 0 spiro atoms. The van der Waals surface area contributed by atoms with Crippen molar-refractivity contribution in [2.75, 3.05) is 17.7 Å². The summed E-state index contributed by atoms with van der Waals surface area (Å²) >= 11 is 1.43. The minimum Gasteiger partial charge on any atom is -0.393 e. The Labute approximate surface area is 256 Å². The summed E-state index contributed by atoms with van der Waals surface area (Å²) in [5, 5.41) is 14.8. The Morgan fingerprint density at radius 2 is 1.71 bits per heavy atom. The summed E-state index contributed by atoms with van der Waals surface area (Å²) in [5.41, 5.74) is -0.918. The average Bonchev–Trinajstić information content (AvgIpc) is 3.46. The van der Waals surface area contributed by atoms with E-state index in [1.54, 1.807) is 6.07 Å². The SMILES string of the molecule is CCCCCCCC/C=C\CCCCCCCC(=O)N[C@H](C(=O)Nc1ccn([C@@H]2CS[C@H](CO)O2)c(=O)n1)[C@@H](C)CC. The van der Waals surface area contributed by atoms with Crippen LogP contribution in [-0.4, -0.2) is 50.3 Å². The second-order valence-electron chi connectivity index (χ2n) is 11.3. The zero-order valence-electron chi connectivity index (χ0n) is 26.0. The number of hydrogen-bond acceptors (Lipinski definition) is 7. The molecule has 1 fully saturated rings. The highest BCUT2D eigenvalue weighted by Crippen LogP contribution is 2.30. The van der Waals surface area contributed by atoms with Gasteiger partial charge >= 0.3 is 5.69 Å². The summed E-state index contributed by atoms with van der Waals surface area (Å²) in [6, 6.07) is 0.829. The molecule has 42 heavy (non-hydrogen) atoms. The van der Waals surface area contributed by atoms with Crippen molar-refractivity contribution >= 4 is 29.4 Å². The van der Waals surface area contributed by atoms with Gasteiger partial charge in [-0.2, -0.15) is 4.98 Å². The molecule has 4 atom stereocenters. The predicted molar refractivity (Wildman–Crippen MR) is 171 cm³/mol. The highest BCUT2D eigenvalue weighted by Gasteiger charge is 2.29. The molecule has 0 aromatic carbocycles. The summed E-state index contributed by atoms with van der Waals surface area (Å²) in [5.74, 6) is 0.0519. The lowest BCUT2D eigenvalue weighted by atomic mass is 9.98. The number of rotatable bonds is 22. The molecule has 0 saturated carbocycles. The number of amides is 2. The van der Waals surface area contributed by atoms with Crippen LogP contribution in [0.5, 0.6) is 0 Å². The van der Waals surface area contributed by atoms with Crippen molar-refractivity contribution in [1.29, 1.82) is 0 Å². The van der Waals surface area contributed by atoms with E-state index < -0.39 is 18.0 Å². The quantitative estimate of drug-likeness (QED) is 0.104. The second-order valence-corrected chi connectivity index (χ2v) is 12.5. The number of aliphatic hydroxyl groups excluding tert-OH is 1. The molecule has 0 bridgehead atoms. The molecule has 10 heteroatoms. The molecule has 0 radical (unpaired) electrons. The summed E-state index contributed by atoms with van der Waals surface area (Å²) < 4.78 is 6.96. The average molecular weight is 607 g/mol. The number of carbonyl (C=O) groups excluding carboxylic acids is 2. The molecular weight excluding hydrogens is 552 g/mol. The Morgan fingerprint density at radius 1 is 1.07 bits per heavy atom. The lowest BCUT2D eigenvalue weighted by molar-refractivity contribution is -0.127. The molecule has 1 aliphatic rings. The fraction of sp³-hybridized carbons (Fsp3) is 0.750. The van der Waals surface area contributed by atoms with Gasteiger partial charge in [0.1, 0.15) is 23.5 Å². The molecule has 1 aromatic rings. The topological polar surface area (TPSA) is 123 Å². The van der Waals surface area contributed by atoms with E-state index in [0.29, 0.717) is 18.6 Å². The van der Waals surface area contributed by atoms with Crippen LogP contribution in [0, 0.1) is 5.92 Å². The Kier molecular flexibility index (Phi) is 18.4. The van der Waals surface area contributed by atoms with Crippen LogP contribution >= 0.6 is 11.8 Å². The van der Waals surface area contributed by atoms with Crippen molar-refractivity contribution in [3.63, 3.8) is 0 Å². The molecule has 9 nitrogen and oxygen atoms in total. The molecule has 2 amide bonds. The first-order chi connectivity index (χ1) is 20.4. The monoisotopic (exact) mass is 606 g/mol. The smallest absolute Gasteiger partial charge is 0.351 e. The fourth-order valence-electron chi connectivity index (χ4n) is 4.89. The van der Waals surface area contributed by atoms with Crippen LogP contribution in [0.2, 0.25) is 0 Å². The Bertz CT molecular complexity index is 1000. The van der Waals surface area contributed by atoms with Gasteiger partial charge in [-0.05, 0) is 44.1 Å². The Hall–Kier alpha value is -2.17. The van der Waals surface area contributed by atoms with E-state index in [-0.39, 0.29) is 35.6 Å². The second kappa shape index (κ2) is 21.5. The van der Waals surface area contributed by atoms with Gasteiger partial charge in [0.25, 0.3) is 0 Å². The maximum atomic E-state index is 13.1. The standard InChI is InChI=1S/C32H54N4O5S/c1-4-6-7-8-9-10-11-12-13-14-15-16-17-18-19-20-27(38)35-30(25(3)5-2)31(39)33-26-21-22-36(32(40)34-26)28-24-42-29(23-37)41-28/h12-13,21-22,25,28-30,37H,4-11,14-20,23-24H2,1-3H3,(H,35,38)(H,33,34,39,40)/b13-12-/t25-,28-,29+,30-/m0/s1. The third kappa shape index (κ3) is 13.9. The molecule has 2 heterocycles. The normalized spacial score (nSPS) is 18.3. The Balaban J connectivity index is 1.66. The number of thioether (sulfide) groups is 1. The minimum absolute atomic E-state index is 0.0808.